The highest BCUT2D eigenvalue weighted by Gasteiger charge is 2.20. The van der Waals surface area contributed by atoms with Gasteiger partial charge in [-0.25, -0.2) is 9.78 Å². The Hall–Kier alpha value is -2.77. The van der Waals surface area contributed by atoms with E-state index in [2.05, 4.69) is 31.9 Å². The molecular weight excluding hydrogens is 342 g/mol. The lowest BCUT2D eigenvalue weighted by atomic mass is 10.1. The van der Waals surface area contributed by atoms with Crippen molar-refractivity contribution in [2.45, 2.75) is 38.8 Å². The second-order valence-corrected chi connectivity index (χ2v) is 7.24. The molecule has 2 aromatic heterocycles. The SMILES string of the molecule is Cc1[nH]ncc1CNC(=O)N1CCC[C@H](Nc2ccc(N(C)C)nc2)CC1. The van der Waals surface area contributed by atoms with E-state index < -0.39 is 0 Å². The van der Waals surface area contributed by atoms with Crippen LogP contribution in [0.2, 0.25) is 0 Å². The summed E-state index contributed by atoms with van der Waals surface area (Å²) < 4.78 is 0. The fourth-order valence-corrected chi connectivity index (χ4v) is 3.25. The number of hydrogen-bond acceptors (Lipinski definition) is 5. The normalized spacial score (nSPS) is 17.3. The standard InChI is InChI=1S/C19H29N7O/c1-14-15(12-22-24-14)11-21-19(27)26-9-4-5-16(8-10-26)23-17-6-7-18(20-13-17)25(2)3/h6-7,12-13,16,23H,4-5,8-11H2,1-3H3,(H,21,27)(H,22,24)/t16-/m0/s1. The maximum absolute atomic E-state index is 12.5. The van der Waals surface area contributed by atoms with Crippen LogP contribution in [-0.4, -0.2) is 59.3 Å². The van der Waals surface area contributed by atoms with Gasteiger partial charge in [0.1, 0.15) is 5.82 Å². The van der Waals surface area contributed by atoms with Crippen molar-refractivity contribution in [3.8, 4) is 0 Å². The minimum absolute atomic E-state index is 0.00625. The van der Waals surface area contributed by atoms with E-state index >= 15 is 0 Å². The van der Waals surface area contributed by atoms with E-state index in [9.17, 15) is 4.79 Å². The second kappa shape index (κ2) is 8.75. The Morgan fingerprint density at radius 3 is 2.81 bits per heavy atom. The molecule has 27 heavy (non-hydrogen) atoms. The molecule has 0 bridgehead atoms. The number of rotatable bonds is 5. The van der Waals surface area contributed by atoms with Gasteiger partial charge in [0.25, 0.3) is 0 Å². The van der Waals surface area contributed by atoms with Gasteiger partial charge in [0, 0.05) is 51.0 Å². The Bertz CT molecular complexity index is 741. The molecule has 2 aromatic rings. The number of urea groups is 1. The third-order valence-electron chi connectivity index (χ3n) is 4.96. The minimum atomic E-state index is -0.00625. The average molecular weight is 371 g/mol. The summed E-state index contributed by atoms with van der Waals surface area (Å²) in [5, 5.41) is 13.4. The zero-order valence-electron chi connectivity index (χ0n) is 16.3. The van der Waals surface area contributed by atoms with E-state index in [1.807, 2.05) is 43.1 Å². The average Bonchev–Trinajstić information content (AvgIpc) is 2.92. The van der Waals surface area contributed by atoms with Crippen LogP contribution in [0.15, 0.2) is 24.5 Å². The third-order valence-corrected chi connectivity index (χ3v) is 4.96. The van der Waals surface area contributed by atoms with E-state index in [0.29, 0.717) is 12.6 Å². The number of carbonyl (C=O) groups is 1. The number of aromatic amines is 1. The molecule has 1 saturated heterocycles. The number of nitrogens with zero attached hydrogens (tertiary/aromatic N) is 4. The summed E-state index contributed by atoms with van der Waals surface area (Å²) in [7, 11) is 3.96. The first kappa shape index (κ1) is 19.0. The number of anilines is 2. The van der Waals surface area contributed by atoms with Gasteiger partial charge in [-0.2, -0.15) is 5.10 Å². The van der Waals surface area contributed by atoms with Crippen molar-refractivity contribution in [2.75, 3.05) is 37.4 Å². The van der Waals surface area contributed by atoms with Gasteiger partial charge >= 0.3 is 6.03 Å². The molecule has 1 fully saturated rings. The third kappa shape index (κ3) is 5.12. The molecule has 8 heteroatoms. The quantitative estimate of drug-likeness (QED) is 0.751. The van der Waals surface area contributed by atoms with E-state index in [-0.39, 0.29) is 6.03 Å². The lowest BCUT2D eigenvalue weighted by molar-refractivity contribution is 0.199. The van der Waals surface area contributed by atoms with E-state index in [1.165, 1.54) is 0 Å². The second-order valence-electron chi connectivity index (χ2n) is 7.24. The van der Waals surface area contributed by atoms with Crippen LogP contribution in [0, 0.1) is 6.92 Å². The minimum Gasteiger partial charge on any atom is -0.381 e. The number of aromatic nitrogens is 3. The molecule has 1 aliphatic heterocycles. The van der Waals surface area contributed by atoms with E-state index in [1.54, 1.807) is 6.20 Å². The van der Waals surface area contributed by atoms with Crippen LogP contribution < -0.4 is 15.5 Å². The maximum Gasteiger partial charge on any atom is 0.317 e. The number of nitrogens with one attached hydrogen (secondary N) is 3. The van der Waals surface area contributed by atoms with Gasteiger partial charge in [-0.05, 0) is 38.3 Å². The van der Waals surface area contributed by atoms with Crippen LogP contribution in [0.3, 0.4) is 0 Å². The van der Waals surface area contributed by atoms with Crippen LogP contribution >= 0.6 is 0 Å². The molecular formula is C19H29N7O. The molecule has 0 unspecified atom stereocenters. The summed E-state index contributed by atoms with van der Waals surface area (Å²) in [6.45, 7) is 3.99. The van der Waals surface area contributed by atoms with Gasteiger partial charge in [-0.1, -0.05) is 0 Å². The lowest BCUT2D eigenvalue weighted by Crippen LogP contribution is -2.40. The van der Waals surface area contributed by atoms with Crippen molar-refractivity contribution in [1.82, 2.24) is 25.4 Å². The van der Waals surface area contributed by atoms with E-state index in [4.69, 9.17) is 0 Å². The molecule has 3 rings (SSSR count). The summed E-state index contributed by atoms with van der Waals surface area (Å²) in [6, 6.07) is 4.42. The lowest BCUT2D eigenvalue weighted by Gasteiger charge is -2.21. The largest absolute Gasteiger partial charge is 0.381 e. The Morgan fingerprint density at radius 2 is 2.15 bits per heavy atom. The van der Waals surface area contributed by atoms with Crippen molar-refractivity contribution in [3.63, 3.8) is 0 Å². The first-order chi connectivity index (χ1) is 13.0. The zero-order valence-corrected chi connectivity index (χ0v) is 16.3. The van der Waals surface area contributed by atoms with Gasteiger partial charge in [0.15, 0.2) is 0 Å². The van der Waals surface area contributed by atoms with Crippen molar-refractivity contribution in [1.29, 1.82) is 0 Å². The predicted octanol–water partition coefficient (Wildman–Crippen LogP) is 2.36. The van der Waals surface area contributed by atoms with Crippen molar-refractivity contribution in [2.24, 2.45) is 0 Å². The van der Waals surface area contributed by atoms with Crippen molar-refractivity contribution < 1.29 is 4.79 Å². The molecule has 146 valence electrons. The van der Waals surface area contributed by atoms with Gasteiger partial charge < -0.3 is 20.4 Å². The van der Waals surface area contributed by atoms with Gasteiger partial charge in [-0.3, -0.25) is 5.10 Å². The number of hydrogen-bond donors (Lipinski definition) is 3. The van der Waals surface area contributed by atoms with Crippen LogP contribution in [0.5, 0.6) is 0 Å². The zero-order chi connectivity index (χ0) is 19.2. The molecule has 1 atom stereocenters. The maximum atomic E-state index is 12.5. The highest BCUT2D eigenvalue weighted by molar-refractivity contribution is 5.74. The van der Waals surface area contributed by atoms with Gasteiger partial charge in [-0.15, -0.1) is 0 Å². The molecule has 8 nitrogen and oxygen atoms in total. The molecule has 1 aliphatic rings. The summed E-state index contributed by atoms with van der Waals surface area (Å²) in [6.07, 6.45) is 6.58. The van der Waals surface area contributed by atoms with Crippen LogP contribution in [0.25, 0.3) is 0 Å². The highest BCUT2D eigenvalue weighted by Crippen LogP contribution is 2.18. The first-order valence-corrected chi connectivity index (χ1v) is 9.44. The monoisotopic (exact) mass is 371 g/mol. The number of amides is 2. The summed E-state index contributed by atoms with van der Waals surface area (Å²) in [5.41, 5.74) is 3.04. The summed E-state index contributed by atoms with van der Waals surface area (Å²) in [5.74, 6) is 0.942. The Balaban J connectivity index is 1.48. The Morgan fingerprint density at radius 1 is 1.30 bits per heavy atom. The Labute approximate surface area is 160 Å². The summed E-state index contributed by atoms with van der Waals surface area (Å²) >= 11 is 0. The molecule has 2 amide bonds. The molecule has 0 aliphatic carbocycles. The molecule has 3 N–H and O–H groups in total. The molecule has 0 aromatic carbocycles. The van der Waals surface area contributed by atoms with Gasteiger partial charge in [0.05, 0.1) is 18.1 Å². The topological polar surface area (TPSA) is 89.2 Å². The smallest absolute Gasteiger partial charge is 0.317 e. The molecule has 0 spiro atoms. The number of aryl methyl sites for hydroxylation is 1. The fraction of sp³-hybridized carbons (Fsp3) is 0.526. The number of carbonyl (C=O) groups excluding carboxylic acids is 1. The van der Waals surface area contributed by atoms with E-state index in [0.717, 1.165) is 55.1 Å². The number of pyridine rings is 1. The fourth-order valence-electron chi connectivity index (χ4n) is 3.25. The number of likely N-dealkylation sites (tertiary alicyclic amines) is 1. The first-order valence-electron chi connectivity index (χ1n) is 9.44. The highest BCUT2D eigenvalue weighted by atomic mass is 16.2. The van der Waals surface area contributed by atoms with Crippen LogP contribution in [0.1, 0.15) is 30.5 Å². The Kier molecular flexibility index (Phi) is 6.16. The molecule has 0 radical (unpaired) electrons. The van der Waals surface area contributed by atoms with Gasteiger partial charge in [0.2, 0.25) is 0 Å². The van der Waals surface area contributed by atoms with Crippen LogP contribution in [0.4, 0.5) is 16.3 Å². The van der Waals surface area contributed by atoms with Crippen LogP contribution in [-0.2, 0) is 6.54 Å². The molecule has 3 heterocycles. The summed E-state index contributed by atoms with van der Waals surface area (Å²) in [4.78, 5) is 20.8. The van der Waals surface area contributed by atoms with Crippen molar-refractivity contribution in [3.05, 3.63) is 35.8 Å². The van der Waals surface area contributed by atoms with Crippen molar-refractivity contribution >= 4 is 17.5 Å². The predicted molar refractivity (Wildman–Crippen MR) is 107 cm³/mol. The number of H-pyrrole nitrogens is 1. The molecule has 0 saturated carbocycles.